The van der Waals surface area contributed by atoms with Gasteiger partial charge in [-0.05, 0) is 39.3 Å². The fourth-order valence-corrected chi connectivity index (χ4v) is 1.85. The number of rotatable bonds is 3. The molecule has 0 aromatic heterocycles. The Morgan fingerprint density at radius 1 is 1.50 bits per heavy atom. The topological polar surface area (TPSA) is 32.3 Å². The van der Waals surface area contributed by atoms with Gasteiger partial charge in [0, 0.05) is 19.0 Å². The first-order valence-corrected chi connectivity index (χ1v) is 5.64. The van der Waals surface area contributed by atoms with Gasteiger partial charge >= 0.3 is 0 Å². The van der Waals surface area contributed by atoms with Crippen LogP contribution < -0.4 is 5.32 Å². The van der Waals surface area contributed by atoms with E-state index in [0.29, 0.717) is 11.9 Å². The third-order valence-corrected chi connectivity index (χ3v) is 3.29. The quantitative estimate of drug-likeness (QED) is 0.740. The molecule has 1 fully saturated rings. The Balaban J connectivity index is 2.46. The second kappa shape index (κ2) is 5.35. The monoisotopic (exact) mass is 198 g/mol. The predicted octanol–water partition coefficient (Wildman–Crippen LogP) is 1.24. The Labute approximate surface area is 86.9 Å². The molecular formula is C11H22N2O. The molecule has 0 radical (unpaired) electrons. The van der Waals surface area contributed by atoms with Crippen LogP contribution in [0.4, 0.5) is 0 Å². The van der Waals surface area contributed by atoms with E-state index < -0.39 is 0 Å². The van der Waals surface area contributed by atoms with Crippen molar-refractivity contribution in [1.29, 1.82) is 0 Å². The molecule has 0 saturated carbocycles. The molecule has 0 aliphatic carbocycles. The maximum absolute atomic E-state index is 12.0. The van der Waals surface area contributed by atoms with Crippen LogP contribution in [0.2, 0.25) is 0 Å². The molecule has 1 N–H and O–H groups in total. The van der Waals surface area contributed by atoms with E-state index in [-0.39, 0.29) is 5.92 Å². The minimum Gasteiger partial charge on any atom is -0.343 e. The molecular weight excluding hydrogens is 176 g/mol. The van der Waals surface area contributed by atoms with E-state index in [1.807, 2.05) is 11.9 Å². The summed E-state index contributed by atoms with van der Waals surface area (Å²) in [7, 11) is 1.93. The smallest absolute Gasteiger partial charge is 0.225 e. The van der Waals surface area contributed by atoms with Crippen LogP contribution in [0.15, 0.2) is 0 Å². The van der Waals surface area contributed by atoms with Gasteiger partial charge in [-0.15, -0.1) is 0 Å². The number of nitrogens with one attached hydrogen (secondary N) is 1. The third kappa shape index (κ3) is 2.71. The zero-order valence-corrected chi connectivity index (χ0v) is 9.55. The Morgan fingerprint density at radius 3 is 2.57 bits per heavy atom. The van der Waals surface area contributed by atoms with Crippen molar-refractivity contribution >= 4 is 5.91 Å². The molecule has 14 heavy (non-hydrogen) atoms. The third-order valence-electron chi connectivity index (χ3n) is 3.29. The van der Waals surface area contributed by atoms with Crippen molar-refractivity contribution in [2.24, 2.45) is 5.92 Å². The van der Waals surface area contributed by atoms with Gasteiger partial charge in [-0.3, -0.25) is 4.79 Å². The van der Waals surface area contributed by atoms with E-state index in [2.05, 4.69) is 19.2 Å². The van der Waals surface area contributed by atoms with Crippen LogP contribution in [0.1, 0.15) is 33.1 Å². The Morgan fingerprint density at radius 2 is 2.07 bits per heavy atom. The lowest BCUT2D eigenvalue weighted by molar-refractivity contribution is -0.136. The standard InChI is InChI=1S/C11H22N2O/c1-4-9(2)13(3)11(14)10-5-7-12-8-6-10/h9-10,12H,4-8H2,1-3H3. The summed E-state index contributed by atoms with van der Waals surface area (Å²) in [5.41, 5.74) is 0. The van der Waals surface area contributed by atoms with Gasteiger partial charge in [0.05, 0.1) is 0 Å². The lowest BCUT2D eigenvalue weighted by Gasteiger charge is -2.30. The summed E-state index contributed by atoms with van der Waals surface area (Å²) < 4.78 is 0. The van der Waals surface area contributed by atoms with Crippen molar-refractivity contribution in [2.45, 2.75) is 39.2 Å². The molecule has 1 amide bonds. The molecule has 1 aliphatic rings. The number of carbonyl (C=O) groups is 1. The maximum atomic E-state index is 12.0. The number of nitrogens with zero attached hydrogens (tertiary/aromatic N) is 1. The lowest BCUT2D eigenvalue weighted by atomic mass is 9.96. The fourth-order valence-electron chi connectivity index (χ4n) is 1.85. The number of hydrogen-bond donors (Lipinski definition) is 1. The zero-order chi connectivity index (χ0) is 10.6. The highest BCUT2D eigenvalue weighted by Gasteiger charge is 2.25. The first-order valence-electron chi connectivity index (χ1n) is 5.64. The van der Waals surface area contributed by atoms with Crippen LogP contribution in [0.5, 0.6) is 0 Å². The van der Waals surface area contributed by atoms with E-state index in [9.17, 15) is 4.79 Å². The highest BCUT2D eigenvalue weighted by molar-refractivity contribution is 5.79. The van der Waals surface area contributed by atoms with E-state index >= 15 is 0 Å². The SMILES string of the molecule is CCC(C)N(C)C(=O)C1CCNCC1. The second-order valence-corrected chi connectivity index (χ2v) is 4.23. The average Bonchev–Trinajstić information content (AvgIpc) is 2.27. The molecule has 1 rings (SSSR count). The van der Waals surface area contributed by atoms with Gasteiger partial charge in [-0.1, -0.05) is 6.92 Å². The van der Waals surface area contributed by atoms with E-state index in [0.717, 1.165) is 32.4 Å². The first-order chi connectivity index (χ1) is 6.66. The lowest BCUT2D eigenvalue weighted by Crippen LogP contribution is -2.42. The van der Waals surface area contributed by atoms with Crippen LogP contribution in [0.3, 0.4) is 0 Å². The molecule has 0 aromatic rings. The van der Waals surface area contributed by atoms with Crippen molar-refractivity contribution in [3.8, 4) is 0 Å². The van der Waals surface area contributed by atoms with Crippen molar-refractivity contribution in [3.05, 3.63) is 0 Å². The van der Waals surface area contributed by atoms with Gasteiger partial charge in [0.2, 0.25) is 5.91 Å². The molecule has 1 heterocycles. The average molecular weight is 198 g/mol. The van der Waals surface area contributed by atoms with Crippen LogP contribution in [0, 0.1) is 5.92 Å². The largest absolute Gasteiger partial charge is 0.343 e. The number of piperidine rings is 1. The van der Waals surface area contributed by atoms with E-state index in [1.165, 1.54) is 0 Å². The van der Waals surface area contributed by atoms with Crippen LogP contribution in [-0.4, -0.2) is 37.0 Å². The fraction of sp³-hybridized carbons (Fsp3) is 0.909. The summed E-state index contributed by atoms with van der Waals surface area (Å²) in [4.78, 5) is 13.9. The molecule has 82 valence electrons. The summed E-state index contributed by atoms with van der Waals surface area (Å²) >= 11 is 0. The molecule has 3 nitrogen and oxygen atoms in total. The van der Waals surface area contributed by atoms with E-state index in [4.69, 9.17) is 0 Å². The van der Waals surface area contributed by atoms with Crippen LogP contribution in [-0.2, 0) is 4.79 Å². The zero-order valence-electron chi connectivity index (χ0n) is 9.55. The van der Waals surface area contributed by atoms with Gasteiger partial charge in [-0.2, -0.15) is 0 Å². The predicted molar refractivity (Wildman–Crippen MR) is 58.1 cm³/mol. The molecule has 0 bridgehead atoms. The molecule has 1 saturated heterocycles. The number of amides is 1. The van der Waals surface area contributed by atoms with Crippen molar-refractivity contribution in [3.63, 3.8) is 0 Å². The van der Waals surface area contributed by atoms with Crippen molar-refractivity contribution in [1.82, 2.24) is 10.2 Å². The summed E-state index contributed by atoms with van der Waals surface area (Å²) in [6.45, 7) is 6.21. The Bertz CT molecular complexity index is 184. The summed E-state index contributed by atoms with van der Waals surface area (Å²) in [6.07, 6.45) is 3.03. The van der Waals surface area contributed by atoms with Crippen molar-refractivity contribution < 1.29 is 4.79 Å². The molecule has 1 unspecified atom stereocenters. The Hall–Kier alpha value is -0.570. The summed E-state index contributed by atoms with van der Waals surface area (Å²) in [5, 5.41) is 3.28. The normalized spacial score (nSPS) is 20.5. The second-order valence-electron chi connectivity index (χ2n) is 4.23. The van der Waals surface area contributed by atoms with Gasteiger partial charge in [0.15, 0.2) is 0 Å². The highest BCUT2D eigenvalue weighted by Crippen LogP contribution is 2.16. The number of carbonyl (C=O) groups excluding carboxylic acids is 1. The van der Waals surface area contributed by atoms with Crippen LogP contribution >= 0.6 is 0 Å². The highest BCUT2D eigenvalue weighted by atomic mass is 16.2. The molecule has 1 aliphatic heterocycles. The van der Waals surface area contributed by atoms with E-state index in [1.54, 1.807) is 0 Å². The summed E-state index contributed by atoms with van der Waals surface area (Å²) in [6, 6.07) is 0.373. The van der Waals surface area contributed by atoms with Crippen molar-refractivity contribution in [2.75, 3.05) is 20.1 Å². The van der Waals surface area contributed by atoms with Gasteiger partial charge in [0.25, 0.3) is 0 Å². The first kappa shape index (κ1) is 11.5. The summed E-state index contributed by atoms with van der Waals surface area (Å²) in [5.74, 6) is 0.594. The molecule has 0 aromatic carbocycles. The van der Waals surface area contributed by atoms with Crippen LogP contribution in [0.25, 0.3) is 0 Å². The minimum atomic E-state index is 0.259. The maximum Gasteiger partial charge on any atom is 0.225 e. The van der Waals surface area contributed by atoms with Gasteiger partial charge in [-0.25, -0.2) is 0 Å². The minimum absolute atomic E-state index is 0.259. The number of hydrogen-bond acceptors (Lipinski definition) is 2. The van der Waals surface area contributed by atoms with Gasteiger partial charge < -0.3 is 10.2 Å². The molecule has 0 spiro atoms. The Kier molecular flexibility index (Phi) is 4.39. The van der Waals surface area contributed by atoms with Gasteiger partial charge in [0.1, 0.15) is 0 Å². The molecule has 1 atom stereocenters. The molecule has 3 heteroatoms.